The molecule has 0 aliphatic carbocycles. The van der Waals surface area contributed by atoms with Gasteiger partial charge < -0.3 is 10.5 Å². The molecule has 2 rings (SSSR count). The normalized spacial score (nSPS) is 22.4. The molecule has 7 heteroatoms. The van der Waals surface area contributed by atoms with Gasteiger partial charge in [0.2, 0.25) is 0 Å². The lowest BCUT2D eigenvalue weighted by molar-refractivity contribution is -0.0503. The van der Waals surface area contributed by atoms with Gasteiger partial charge in [-0.2, -0.15) is 8.78 Å². The molecule has 120 valence electrons. The maximum atomic E-state index is 12.2. The Bertz CT molecular complexity index is 478. The quantitative estimate of drug-likeness (QED) is 0.841. The minimum absolute atomic E-state index is 0. The predicted molar refractivity (Wildman–Crippen MR) is 85.1 cm³/mol. The van der Waals surface area contributed by atoms with Gasteiger partial charge in [0, 0.05) is 13.1 Å². The van der Waals surface area contributed by atoms with Crippen molar-refractivity contribution in [1.82, 2.24) is 4.90 Å². The maximum Gasteiger partial charge on any atom is 0.387 e. The SMILES string of the molecule is CC1(CN)CCN(Cc2ccc(OC(F)F)c(Br)c2)C1.Cl. The second-order valence-electron chi connectivity index (χ2n) is 5.62. The first-order valence-corrected chi connectivity index (χ1v) is 7.37. The number of nitrogens with zero attached hydrogens (tertiary/aromatic N) is 1. The van der Waals surface area contributed by atoms with Crippen LogP contribution >= 0.6 is 28.3 Å². The van der Waals surface area contributed by atoms with Gasteiger partial charge in [-0.25, -0.2) is 0 Å². The Labute approximate surface area is 138 Å². The van der Waals surface area contributed by atoms with Crippen molar-refractivity contribution in [3.8, 4) is 5.75 Å². The molecule has 1 saturated heterocycles. The lowest BCUT2D eigenvalue weighted by Crippen LogP contribution is -2.31. The van der Waals surface area contributed by atoms with E-state index in [1.54, 1.807) is 6.07 Å². The first kappa shape index (κ1) is 18.6. The molecule has 1 aromatic rings. The molecule has 1 aromatic carbocycles. The van der Waals surface area contributed by atoms with Crippen molar-refractivity contribution in [2.45, 2.75) is 26.5 Å². The Morgan fingerprint density at radius 3 is 2.71 bits per heavy atom. The summed E-state index contributed by atoms with van der Waals surface area (Å²) in [5.74, 6) is 0.164. The number of halogens is 4. The Morgan fingerprint density at radius 2 is 2.19 bits per heavy atom. The molecule has 1 unspecified atom stereocenters. The summed E-state index contributed by atoms with van der Waals surface area (Å²) in [6.07, 6.45) is 1.09. The van der Waals surface area contributed by atoms with Crippen LogP contribution < -0.4 is 10.5 Å². The third kappa shape index (κ3) is 5.06. The van der Waals surface area contributed by atoms with Gasteiger partial charge in [0.15, 0.2) is 0 Å². The second-order valence-corrected chi connectivity index (χ2v) is 6.47. The summed E-state index contributed by atoms with van der Waals surface area (Å²) >= 11 is 3.26. The molecule has 1 aliphatic heterocycles. The molecular weight excluding hydrogens is 366 g/mol. The highest BCUT2D eigenvalue weighted by Crippen LogP contribution is 2.31. The van der Waals surface area contributed by atoms with Gasteiger partial charge in [-0.05, 0) is 58.6 Å². The lowest BCUT2D eigenvalue weighted by atomic mass is 9.90. The van der Waals surface area contributed by atoms with Crippen molar-refractivity contribution in [1.29, 1.82) is 0 Å². The highest BCUT2D eigenvalue weighted by molar-refractivity contribution is 9.10. The van der Waals surface area contributed by atoms with E-state index in [0.717, 1.165) is 31.6 Å². The smallest absolute Gasteiger partial charge is 0.387 e. The first-order chi connectivity index (χ1) is 9.42. The van der Waals surface area contributed by atoms with Crippen LogP contribution in [0.25, 0.3) is 0 Å². The van der Waals surface area contributed by atoms with E-state index < -0.39 is 6.61 Å². The number of nitrogens with two attached hydrogens (primary N) is 1. The largest absolute Gasteiger partial charge is 0.434 e. The minimum Gasteiger partial charge on any atom is -0.434 e. The van der Waals surface area contributed by atoms with E-state index in [0.29, 0.717) is 11.0 Å². The molecule has 0 saturated carbocycles. The van der Waals surface area contributed by atoms with Crippen LogP contribution in [0.15, 0.2) is 22.7 Å². The molecule has 2 N–H and O–H groups in total. The van der Waals surface area contributed by atoms with Crippen LogP contribution in [0.5, 0.6) is 5.75 Å². The lowest BCUT2D eigenvalue weighted by Gasteiger charge is -2.22. The van der Waals surface area contributed by atoms with Crippen LogP contribution in [0.2, 0.25) is 0 Å². The van der Waals surface area contributed by atoms with E-state index in [-0.39, 0.29) is 23.6 Å². The van der Waals surface area contributed by atoms with E-state index in [2.05, 4.69) is 32.5 Å². The molecular formula is C14H20BrClF2N2O. The van der Waals surface area contributed by atoms with Crippen LogP contribution in [0.4, 0.5) is 8.78 Å². The summed E-state index contributed by atoms with van der Waals surface area (Å²) in [5, 5.41) is 0. The summed E-state index contributed by atoms with van der Waals surface area (Å²) in [4.78, 5) is 2.34. The van der Waals surface area contributed by atoms with Crippen molar-refractivity contribution in [3.63, 3.8) is 0 Å². The van der Waals surface area contributed by atoms with Gasteiger partial charge in [0.05, 0.1) is 4.47 Å². The van der Waals surface area contributed by atoms with Crippen molar-refractivity contribution in [2.24, 2.45) is 11.1 Å². The number of alkyl halides is 2. The number of benzene rings is 1. The Balaban J connectivity index is 0.00000220. The van der Waals surface area contributed by atoms with Gasteiger partial charge in [-0.1, -0.05) is 13.0 Å². The van der Waals surface area contributed by atoms with Gasteiger partial charge in [-0.15, -0.1) is 12.4 Å². The first-order valence-electron chi connectivity index (χ1n) is 6.57. The van der Waals surface area contributed by atoms with E-state index in [1.807, 2.05) is 12.1 Å². The van der Waals surface area contributed by atoms with Crippen LogP contribution in [-0.4, -0.2) is 31.1 Å². The minimum atomic E-state index is -2.80. The number of ether oxygens (including phenoxy) is 1. The Hall–Kier alpha value is -0.430. The fraction of sp³-hybridized carbons (Fsp3) is 0.571. The summed E-state index contributed by atoms with van der Waals surface area (Å²) in [6, 6.07) is 5.22. The predicted octanol–water partition coefficient (Wildman–Crippen LogP) is 3.64. The molecule has 1 atom stereocenters. The molecule has 0 aromatic heterocycles. The average Bonchev–Trinajstić information content (AvgIpc) is 2.75. The molecule has 0 spiro atoms. The number of hydrogen-bond acceptors (Lipinski definition) is 3. The van der Waals surface area contributed by atoms with Crippen LogP contribution in [-0.2, 0) is 6.54 Å². The molecule has 3 nitrogen and oxygen atoms in total. The zero-order valence-electron chi connectivity index (χ0n) is 11.8. The maximum absolute atomic E-state index is 12.2. The molecule has 1 fully saturated rings. The third-order valence-electron chi connectivity index (χ3n) is 3.75. The Morgan fingerprint density at radius 1 is 1.48 bits per heavy atom. The van der Waals surface area contributed by atoms with Gasteiger partial charge >= 0.3 is 6.61 Å². The topological polar surface area (TPSA) is 38.5 Å². The fourth-order valence-corrected chi connectivity index (χ4v) is 3.04. The highest BCUT2D eigenvalue weighted by atomic mass is 79.9. The number of hydrogen-bond donors (Lipinski definition) is 1. The standard InChI is InChI=1S/C14H19BrF2N2O.ClH/c1-14(8-18)4-5-19(9-14)7-10-2-3-12(11(15)6-10)20-13(16)17;/h2-3,6,13H,4-5,7-9,18H2,1H3;1H. The average molecular weight is 386 g/mol. The highest BCUT2D eigenvalue weighted by Gasteiger charge is 2.32. The molecule has 0 radical (unpaired) electrons. The summed E-state index contributed by atoms with van der Waals surface area (Å²) < 4.78 is 29.3. The van der Waals surface area contributed by atoms with E-state index in [9.17, 15) is 8.78 Å². The number of likely N-dealkylation sites (tertiary alicyclic amines) is 1. The van der Waals surface area contributed by atoms with Crippen LogP contribution in [0.1, 0.15) is 18.9 Å². The van der Waals surface area contributed by atoms with E-state index in [4.69, 9.17) is 5.73 Å². The Kier molecular flexibility index (Phi) is 6.84. The molecule has 1 aliphatic rings. The van der Waals surface area contributed by atoms with Crippen molar-refractivity contribution in [3.05, 3.63) is 28.2 Å². The number of rotatable bonds is 5. The molecule has 1 heterocycles. The molecule has 0 bridgehead atoms. The second kappa shape index (κ2) is 7.72. The van der Waals surface area contributed by atoms with Crippen molar-refractivity contribution < 1.29 is 13.5 Å². The molecule has 0 amide bonds. The summed E-state index contributed by atoms with van der Waals surface area (Å²) in [5.41, 5.74) is 7.05. The third-order valence-corrected chi connectivity index (χ3v) is 4.37. The molecule has 21 heavy (non-hydrogen) atoms. The monoisotopic (exact) mass is 384 g/mol. The van der Waals surface area contributed by atoms with Gasteiger partial charge in [0.1, 0.15) is 5.75 Å². The van der Waals surface area contributed by atoms with Gasteiger partial charge in [-0.3, -0.25) is 4.90 Å². The van der Waals surface area contributed by atoms with E-state index >= 15 is 0 Å². The van der Waals surface area contributed by atoms with Crippen LogP contribution in [0, 0.1) is 5.41 Å². The van der Waals surface area contributed by atoms with Crippen LogP contribution in [0.3, 0.4) is 0 Å². The van der Waals surface area contributed by atoms with Crippen molar-refractivity contribution in [2.75, 3.05) is 19.6 Å². The van der Waals surface area contributed by atoms with Gasteiger partial charge in [0.25, 0.3) is 0 Å². The summed E-state index contributed by atoms with van der Waals surface area (Å²) in [7, 11) is 0. The summed E-state index contributed by atoms with van der Waals surface area (Å²) in [6.45, 7) is 2.86. The fourth-order valence-electron chi connectivity index (χ4n) is 2.52. The zero-order chi connectivity index (χ0) is 14.8. The van der Waals surface area contributed by atoms with E-state index in [1.165, 1.54) is 0 Å². The van der Waals surface area contributed by atoms with Crippen molar-refractivity contribution >= 4 is 28.3 Å². The zero-order valence-corrected chi connectivity index (χ0v) is 14.2.